The molecule has 2 aliphatic heterocycles. The maximum Gasteiger partial charge on any atom is 0.494 e. The molecule has 2 heterocycles. The maximum atomic E-state index is 6.47. The van der Waals surface area contributed by atoms with Crippen molar-refractivity contribution in [2.75, 3.05) is 0 Å². The third kappa shape index (κ3) is 2.76. The van der Waals surface area contributed by atoms with E-state index in [1.165, 1.54) is 43.2 Å². The van der Waals surface area contributed by atoms with E-state index in [4.69, 9.17) is 9.31 Å². The van der Waals surface area contributed by atoms with Crippen molar-refractivity contribution >= 4 is 24.3 Å². The molecule has 0 atom stereocenters. The number of hydrogen-bond donors (Lipinski definition) is 0. The highest BCUT2D eigenvalue weighted by atomic mass is 32.2. The molecule has 3 aliphatic rings. The average molecular weight is 474 g/mol. The zero-order valence-electron chi connectivity index (χ0n) is 20.5. The van der Waals surface area contributed by atoms with Gasteiger partial charge in [0.1, 0.15) is 0 Å². The van der Waals surface area contributed by atoms with Gasteiger partial charge in [-0.3, -0.25) is 0 Å². The predicted octanol–water partition coefficient (Wildman–Crippen LogP) is 6.81. The van der Waals surface area contributed by atoms with Crippen LogP contribution >= 0.6 is 11.8 Å². The summed E-state index contributed by atoms with van der Waals surface area (Å²) in [7, 11) is -0.392. The Kier molecular flexibility index (Phi) is 4.38. The van der Waals surface area contributed by atoms with Gasteiger partial charge in [-0.2, -0.15) is 0 Å². The lowest BCUT2D eigenvalue weighted by Gasteiger charge is -2.40. The Balaban J connectivity index is 1.53. The topological polar surface area (TPSA) is 18.5 Å². The summed E-state index contributed by atoms with van der Waals surface area (Å²) < 4.78 is 12.9. The fraction of sp³-hybridized carbons (Fsp3) is 0.226. The molecule has 0 bridgehead atoms. The van der Waals surface area contributed by atoms with Crippen molar-refractivity contribution in [3.63, 3.8) is 0 Å². The first kappa shape index (κ1) is 21.5. The molecule has 2 nitrogen and oxygen atoms in total. The highest BCUT2D eigenvalue weighted by Crippen LogP contribution is 2.61. The van der Waals surface area contributed by atoms with E-state index < -0.39 is 7.12 Å². The minimum atomic E-state index is -0.392. The Hall–Kier alpha value is -2.79. The largest absolute Gasteiger partial charge is 0.494 e. The van der Waals surface area contributed by atoms with Gasteiger partial charge in [-0.1, -0.05) is 90.6 Å². The van der Waals surface area contributed by atoms with Crippen molar-refractivity contribution in [3.8, 4) is 11.1 Å². The zero-order valence-corrected chi connectivity index (χ0v) is 21.3. The second kappa shape index (κ2) is 7.13. The summed E-state index contributed by atoms with van der Waals surface area (Å²) in [6.07, 6.45) is 0. The average Bonchev–Trinajstić information content (AvgIpc) is 3.27. The van der Waals surface area contributed by atoms with Gasteiger partial charge in [0.05, 0.1) is 16.6 Å². The lowest BCUT2D eigenvalue weighted by molar-refractivity contribution is 0.00578. The van der Waals surface area contributed by atoms with Crippen LogP contribution in [0.2, 0.25) is 0 Å². The number of rotatable bonds is 1. The van der Waals surface area contributed by atoms with Crippen LogP contribution in [0, 0.1) is 0 Å². The normalized spacial score (nSPS) is 19.7. The zero-order chi connectivity index (χ0) is 24.0. The molecule has 1 spiro atoms. The summed E-state index contributed by atoms with van der Waals surface area (Å²) in [5, 5.41) is 0. The SMILES string of the molecule is CC1(C)OB(c2ccc3c(c2)C2(c4ccccc4S3)c3ccccc3-c3ccccc32)OC1(C)C. The van der Waals surface area contributed by atoms with Gasteiger partial charge in [-0.25, -0.2) is 0 Å². The van der Waals surface area contributed by atoms with Gasteiger partial charge in [0.15, 0.2) is 0 Å². The van der Waals surface area contributed by atoms with Crippen molar-refractivity contribution in [2.24, 2.45) is 0 Å². The van der Waals surface area contributed by atoms with Crippen molar-refractivity contribution in [2.45, 2.75) is 54.1 Å². The predicted molar refractivity (Wildman–Crippen MR) is 144 cm³/mol. The van der Waals surface area contributed by atoms with E-state index in [9.17, 15) is 0 Å². The Morgan fingerprint density at radius 2 is 1.09 bits per heavy atom. The summed E-state index contributed by atoms with van der Waals surface area (Å²) in [6, 6.07) is 33.5. The van der Waals surface area contributed by atoms with Crippen LogP contribution < -0.4 is 5.46 Å². The van der Waals surface area contributed by atoms with Gasteiger partial charge in [-0.05, 0) is 78.7 Å². The molecule has 4 aromatic rings. The molecular weight excluding hydrogens is 447 g/mol. The third-order valence-electron chi connectivity index (χ3n) is 8.40. The molecule has 0 saturated carbocycles. The molecule has 1 saturated heterocycles. The van der Waals surface area contributed by atoms with Gasteiger partial charge in [0.25, 0.3) is 0 Å². The first-order chi connectivity index (χ1) is 16.8. The van der Waals surface area contributed by atoms with Gasteiger partial charge in [-0.15, -0.1) is 0 Å². The molecule has 4 heteroatoms. The van der Waals surface area contributed by atoms with Crippen molar-refractivity contribution in [1.82, 2.24) is 0 Å². The van der Waals surface area contributed by atoms with Crippen molar-refractivity contribution < 1.29 is 9.31 Å². The summed E-state index contributed by atoms with van der Waals surface area (Å²) in [5.74, 6) is 0. The fourth-order valence-electron chi connectivity index (χ4n) is 6.00. The van der Waals surface area contributed by atoms with Crippen LogP contribution in [0.3, 0.4) is 0 Å². The standard InChI is InChI=1S/C31H27BO2S/c1-29(2)30(3,4)34-32(33-29)20-17-18-28-26(19-20)31(25-15-9-10-16-27(25)35-28)23-13-7-5-11-21(23)22-12-6-8-14-24(22)31/h5-19H,1-4H3. The Morgan fingerprint density at radius 3 is 1.71 bits per heavy atom. The molecule has 0 radical (unpaired) electrons. The van der Waals surface area contributed by atoms with E-state index in [1.54, 1.807) is 0 Å². The van der Waals surface area contributed by atoms with E-state index in [0.717, 1.165) is 5.46 Å². The van der Waals surface area contributed by atoms with Crippen LogP contribution in [0.1, 0.15) is 49.9 Å². The monoisotopic (exact) mass is 474 g/mol. The van der Waals surface area contributed by atoms with Crippen molar-refractivity contribution in [1.29, 1.82) is 0 Å². The quantitative estimate of drug-likeness (QED) is 0.244. The minimum Gasteiger partial charge on any atom is -0.399 e. The Morgan fingerprint density at radius 1 is 0.571 bits per heavy atom. The van der Waals surface area contributed by atoms with E-state index in [2.05, 4.69) is 119 Å². The summed E-state index contributed by atoms with van der Waals surface area (Å²) in [5.41, 5.74) is 7.94. The van der Waals surface area contributed by atoms with Crippen molar-refractivity contribution in [3.05, 3.63) is 113 Å². The molecule has 7 rings (SSSR count). The lowest BCUT2D eigenvalue weighted by atomic mass is 9.65. The highest BCUT2D eigenvalue weighted by Gasteiger charge is 2.53. The van der Waals surface area contributed by atoms with E-state index in [0.29, 0.717) is 0 Å². The molecule has 1 aliphatic carbocycles. The summed E-state index contributed by atoms with van der Waals surface area (Å²) in [6.45, 7) is 8.45. The van der Waals surface area contributed by atoms with Gasteiger partial charge in [0, 0.05) is 9.79 Å². The molecule has 172 valence electrons. The van der Waals surface area contributed by atoms with Crippen LogP contribution in [0.25, 0.3) is 11.1 Å². The lowest BCUT2D eigenvalue weighted by Crippen LogP contribution is -2.41. The maximum absolute atomic E-state index is 6.47. The molecule has 0 amide bonds. The first-order valence-corrected chi connectivity index (χ1v) is 13.1. The van der Waals surface area contributed by atoms with Crippen LogP contribution in [0.5, 0.6) is 0 Å². The molecule has 35 heavy (non-hydrogen) atoms. The van der Waals surface area contributed by atoms with Gasteiger partial charge >= 0.3 is 7.12 Å². The highest BCUT2D eigenvalue weighted by molar-refractivity contribution is 7.99. The smallest absolute Gasteiger partial charge is 0.399 e. The fourth-order valence-corrected chi connectivity index (χ4v) is 7.17. The van der Waals surface area contributed by atoms with Crippen LogP contribution in [0.15, 0.2) is 101 Å². The molecule has 0 unspecified atom stereocenters. The minimum absolute atomic E-state index is 0.371. The van der Waals surface area contributed by atoms with E-state index >= 15 is 0 Å². The van der Waals surface area contributed by atoms with Crippen LogP contribution in [-0.2, 0) is 14.7 Å². The number of hydrogen-bond acceptors (Lipinski definition) is 3. The summed E-state index contributed by atoms with van der Waals surface area (Å²) in [4.78, 5) is 2.60. The molecular formula is C31H27BO2S. The summed E-state index contributed by atoms with van der Waals surface area (Å²) >= 11 is 1.86. The van der Waals surface area contributed by atoms with Gasteiger partial charge < -0.3 is 9.31 Å². The number of benzene rings is 4. The molecule has 4 aromatic carbocycles. The first-order valence-electron chi connectivity index (χ1n) is 12.3. The van der Waals surface area contributed by atoms with Crippen LogP contribution in [-0.4, -0.2) is 18.3 Å². The molecule has 1 fully saturated rings. The Bertz CT molecular complexity index is 1440. The van der Waals surface area contributed by atoms with Gasteiger partial charge in [0.2, 0.25) is 0 Å². The third-order valence-corrected chi connectivity index (χ3v) is 9.55. The molecule has 0 aromatic heterocycles. The van der Waals surface area contributed by atoms with Crippen LogP contribution in [0.4, 0.5) is 0 Å². The second-order valence-corrected chi connectivity index (χ2v) is 11.9. The number of fused-ring (bicyclic) bond motifs is 9. The second-order valence-electron chi connectivity index (χ2n) is 10.8. The molecule has 0 N–H and O–H groups in total. The van der Waals surface area contributed by atoms with E-state index in [-0.39, 0.29) is 16.6 Å². The van der Waals surface area contributed by atoms with E-state index in [1.807, 2.05) is 11.8 Å². The Labute approximate surface area is 211 Å².